The molecule has 0 spiro atoms. The van der Waals surface area contributed by atoms with Crippen LogP contribution in [0.3, 0.4) is 0 Å². The SMILES string of the molecule is COC(=O)CCCOC1OC(COC(OC)C(OC(=O)c2ccccc2)C(OC(=O)c2ccccc2)C(OC(=O)c2ccccc2)C(C)COC(C)=O)C(OCc2ccccc2)C(O)C1OCc1ccccc1. The second kappa shape index (κ2) is 29.0. The Labute approximate surface area is 424 Å². The van der Waals surface area contributed by atoms with Crippen LogP contribution in [0.2, 0.25) is 0 Å². The topological polar surface area (TPSA) is 207 Å². The first-order valence-corrected chi connectivity index (χ1v) is 23.8. The highest BCUT2D eigenvalue weighted by atomic mass is 16.7. The zero-order valence-corrected chi connectivity index (χ0v) is 41.1. The summed E-state index contributed by atoms with van der Waals surface area (Å²) in [5.74, 6) is -4.65. The number of benzene rings is 5. The molecule has 6 rings (SSSR count). The first-order chi connectivity index (χ1) is 35.4. The Kier molecular flexibility index (Phi) is 22.1. The van der Waals surface area contributed by atoms with Gasteiger partial charge in [0.25, 0.3) is 0 Å². The Morgan fingerprint density at radius 2 is 1.04 bits per heavy atom. The molecule has 1 aliphatic heterocycles. The summed E-state index contributed by atoms with van der Waals surface area (Å²) < 4.78 is 67.1. The smallest absolute Gasteiger partial charge is 0.338 e. The van der Waals surface area contributed by atoms with E-state index in [-0.39, 0.29) is 56.0 Å². The maximum Gasteiger partial charge on any atom is 0.338 e. The van der Waals surface area contributed by atoms with E-state index < -0.39 is 97.7 Å². The molecule has 17 heteroatoms. The molecule has 1 fully saturated rings. The summed E-state index contributed by atoms with van der Waals surface area (Å²) in [5, 5.41) is 12.3. The van der Waals surface area contributed by atoms with Gasteiger partial charge in [-0.25, -0.2) is 14.4 Å². The van der Waals surface area contributed by atoms with Gasteiger partial charge in [0.05, 0.1) is 56.8 Å². The van der Waals surface area contributed by atoms with Gasteiger partial charge < -0.3 is 57.2 Å². The number of aliphatic hydroxyl groups is 1. The van der Waals surface area contributed by atoms with Crippen molar-refractivity contribution in [1.82, 2.24) is 0 Å². The van der Waals surface area contributed by atoms with Crippen molar-refractivity contribution in [3.05, 3.63) is 179 Å². The van der Waals surface area contributed by atoms with Crippen LogP contribution in [0.1, 0.15) is 68.9 Å². The summed E-state index contributed by atoms with van der Waals surface area (Å²) in [5.41, 5.74) is 1.93. The molecule has 388 valence electrons. The van der Waals surface area contributed by atoms with Crippen molar-refractivity contribution in [1.29, 1.82) is 0 Å². The van der Waals surface area contributed by atoms with Crippen LogP contribution in [0.15, 0.2) is 152 Å². The lowest BCUT2D eigenvalue weighted by Gasteiger charge is -2.44. The zero-order chi connectivity index (χ0) is 52.0. The van der Waals surface area contributed by atoms with Crippen molar-refractivity contribution in [3.63, 3.8) is 0 Å². The third-order valence-corrected chi connectivity index (χ3v) is 11.7. The van der Waals surface area contributed by atoms with E-state index in [0.717, 1.165) is 11.1 Å². The van der Waals surface area contributed by atoms with E-state index in [0.29, 0.717) is 0 Å². The number of carbonyl (C=O) groups is 5. The summed E-state index contributed by atoms with van der Waals surface area (Å²) in [6, 6.07) is 42.5. The molecule has 10 unspecified atom stereocenters. The van der Waals surface area contributed by atoms with Gasteiger partial charge in [0.2, 0.25) is 0 Å². The first-order valence-electron chi connectivity index (χ1n) is 23.8. The number of rotatable bonds is 27. The van der Waals surface area contributed by atoms with Gasteiger partial charge in [-0.2, -0.15) is 0 Å². The lowest BCUT2D eigenvalue weighted by Crippen LogP contribution is -2.61. The molecular weight excluding hydrogens is 945 g/mol. The summed E-state index contributed by atoms with van der Waals surface area (Å²) in [7, 11) is 2.55. The fraction of sp³-hybridized carbons (Fsp3) is 0.375. The predicted octanol–water partition coefficient (Wildman–Crippen LogP) is 7.08. The third-order valence-electron chi connectivity index (χ3n) is 11.7. The van der Waals surface area contributed by atoms with Crippen LogP contribution >= 0.6 is 0 Å². The van der Waals surface area contributed by atoms with Crippen molar-refractivity contribution >= 4 is 29.8 Å². The van der Waals surface area contributed by atoms with Crippen LogP contribution in [-0.4, -0.2) is 124 Å². The van der Waals surface area contributed by atoms with E-state index in [1.807, 2.05) is 60.7 Å². The van der Waals surface area contributed by atoms with Crippen molar-refractivity contribution in [2.24, 2.45) is 5.92 Å². The first kappa shape index (κ1) is 55.5. The zero-order valence-electron chi connectivity index (χ0n) is 41.1. The molecule has 73 heavy (non-hydrogen) atoms. The number of aliphatic hydroxyl groups excluding tert-OH is 1. The molecule has 5 aromatic rings. The number of methoxy groups -OCH3 is 2. The second-order valence-electron chi connectivity index (χ2n) is 17.0. The molecule has 5 aromatic carbocycles. The number of ether oxygens (including phenoxy) is 11. The van der Waals surface area contributed by atoms with Gasteiger partial charge in [-0.1, -0.05) is 122 Å². The van der Waals surface area contributed by atoms with Crippen LogP contribution in [0.5, 0.6) is 0 Å². The van der Waals surface area contributed by atoms with Gasteiger partial charge in [0, 0.05) is 26.4 Å². The maximum absolute atomic E-state index is 14.2. The van der Waals surface area contributed by atoms with Crippen LogP contribution in [0.25, 0.3) is 0 Å². The van der Waals surface area contributed by atoms with Gasteiger partial charge in [-0.15, -0.1) is 0 Å². The third kappa shape index (κ3) is 16.9. The summed E-state index contributed by atoms with van der Waals surface area (Å²) >= 11 is 0. The second-order valence-corrected chi connectivity index (χ2v) is 17.0. The van der Waals surface area contributed by atoms with Crippen LogP contribution in [0.4, 0.5) is 0 Å². The van der Waals surface area contributed by atoms with Crippen molar-refractivity contribution in [2.45, 2.75) is 95.2 Å². The van der Waals surface area contributed by atoms with Crippen LogP contribution in [-0.2, 0) is 74.9 Å². The number of hydrogen-bond acceptors (Lipinski definition) is 17. The molecule has 1 N–H and O–H groups in total. The lowest BCUT2D eigenvalue weighted by atomic mass is 9.95. The molecule has 0 saturated carbocycles. The highest BCUT2D eigenvalue weighted by molar-refractivity contribution is 5.91. The molecule has 0 amide bonds. The summed E-state index contributed by atoms with van der Waals surface area (Å²) in [6.45, 7) is 2.11. The maximum atomic E-state index is 14.2. The van der Waals surface area contributed by atoms with E-state index in [1.54, 1.807) is 61.5 Å². The Morgan fingerprint density at radius 1 is 0.589 bits per heavy atom. The molecule has 10 atom stereocenters. The molecular formula is C56H62O17. The van der Waals surface area contributed by atoms with Crippen LogP contribution in [0, 0.1) is 5.92 Å². The average Bonchev–Trinajstić information content (AvgIpc) is 3.42. The molecule has 0 aliphatic carbocycles. The lowest BCUT2D eigenvalue weighted by molar-refractivity contribution is -0.328. The van der Waals surface area contributed by atoms with Gasteiger partial charge in [0.15, 0.2) is 24.8 Å². The molecule has 1 saturated heterocycles. The standard InChI is InChI=1S/C56H62O17/c1-37(33-66-38(2)57)47(71-52(60)41-25-14-7-15-26-41)50(72-53(61)42-27-16-8-17-28-42)51(73-54(62)43-29-18-9-19-30-43)55(64-4)69-36-44-48(67-34-39-21-10-5-11-22-39)46(59)49(68-35-40-23-12-6-13-24-40)56(70-44)65-32-20-31-45(58)63-3/h5-19,21-30,37,44,46-51,55-56,59H,20,31-36H2,1-4H3. The van der Waals surface area contributed by atoms with Crippen LogP contribution < -0.4 is 0 Å². The fourth-order valence-corrected chi connectivity index (χ4v) is 7.83. The monoisotopic (exact) mass is 1010 g/mol. The number of carbonyl (C=O) groups excluding carboxylic acids is 5. The molecule has 1 aliphatic rings. The van der Waals surface area contributed by atoms with Gasteiger partial charge >= 0.3 is 29.8 Å². The van der Waals surface area contributed by atoms with E-state index in [1.165, 1.54) is 57.5 Å². The Morgan fingerprint density at radius 3 is 1.51 bits per heavy atom. The van der Waals surface area contributed by atoms with E-state index >= 15 is 0 Å². The minimum atomic E-state index is -1.76. The normalized spacial score (nSPS) is 19.5. The van der Waals surface area contributed by atoms with Crippen molar-refractivity contribution < 1.29 is 81.2 Å². The van der Waals surface area contributed by atoms with E-state index in [4.69, 9.17) is 52.1 Å². The number of hydrogen-bond donors (Lipinski definition) is 1. The Balaban J connectivity index is 1.40. The van der Waals surface area contributed by atoms with Gasteiger partial charge in [-0.05, 0) is 53.9 Å². The minimum absolute atomic E-state index is 0.00207. The molecule has 0 bridgehead atoms. The summed E-state index contributed by atoms with van der Waals surface area (Å²) in [6.07, 6.45) is -12.5. The van der Waals surface area contributed by atoms with Gasteiger partial charge in [-0.3, -0.25) is 9.59 Å². The van der Waals surface area contributed by atoms with E-state index in [9.17, 15) is 29.1 Å². The largest absolute Gasteiger partial charge is 0.469 e. The fourth-order valence-electron chi connectivity index (χ4n) is 7.83. The van der Waals surface area contributed by atoms with E-state index in [2.05, 4.69) is 0 Å². The Hall–Kier alpha value is -6.83. The van der Waals surface area contributed by atoms with Crippen molar-refractivity contribution in [2.75, 3.05) is 34.0 Å². The highest BCUT2D eigenvalue weighted by Gasteiger charge is 2.50. The number of esters is 5. The van der Waals surface area contributed by atoms with Gasteiger partial charge in [0.1, 0.15) is 30.5 Å². The molecule has 0 aromatic heterocycles. The quantitative estimate of drug-likeness (QED) is 0.0241. The predicted molar refractivity (Wildman–Crippen MR) is 261 cm³/mol. The Bertz CT molecular complexity index is 2440. The molecule has 17 nitrogen and oxygen atoms in total. The highest BCUT2D eigenvalue weighted by Crippen LogP contribution is 2.32. The molecule has 0 radical (unpaired) electrons. The minimum Gasteiger partial charge on any atom is -0.469 e. The average molecular weight is 1010 g/mol. The van der Waals surface area contributed by atoms with Crippen molar-refractivity contribution in [3.8, 4) is 0 Å². The molecule has 1 heterocycles. The summed E-state index contributed by atoms with van der Waals surface area (Å²) in [4.78, 5) is 66.7.